The Bertz CT molecular complexity index is 1530. The molecule has 14 nitrogen and oxygen atoms in total. The maximum Gasteiger partial charge on any atom is 0.410 e. The van der Waals surface area contributed by atoms with E-state index in [2.05, 4.69) is 33.4 Å². The number of carbonyl (C=O) groups excluding carboxylic acids is 3. The van der Waals surface area contributed by atoms with E-state index in [1.54, 1.807) is 14.2 Å². The van der Waals surface area contributed by atoms with Gasteiger partial charge in [-0.3, -0.25) is 9.80 Å². The molecule has 0 saturated carbocycles. The molecule has 0 aromatic heterocycles. The van der Waals surface area contributed by atoms with E-state index in [0.717, 1.165) is 135 Å². The number of nitrogens with zero attached hydrogens (tertiary/aromatic N) is 6. The Kier molecular flexibility index (Phi) is 21.9. The van der Waals surface area contributed by atoms with Gasteiger partial charge in [-0.05, 0) is 89.7 Å². The Balaban J connectivity index is 0.000000211. The highest BCUT2D eigenvalue weighted by Crippen LogP contribution is 2.23. The molecule has 2 aromatic rings. The normalized spacial score (nSPS) is 22.3. The van der Waals surface area contributed by atoms with E-state index in [0.29, 0.717) is 44.3 Å². The second kappa shape index (κ2) is 27.5. The summed E-state index contributed by atoms with van der Waals surface area (Å²) in [5.41, 5.74) is 2.03. The van der Waals surface area contributed by atoms with Gasteiger partial charge < -0.3 is 48.1 Å². The van der Waals surface area contributed by atoms with Gasteiger partial charge in [-0.15, -0.1) is 0 Å². The van der Waals surface area contributed by atoms with Gasteiger partial charge in [-0.25, -0.2) is 9.59 Å². The van der Waals surface area contributed by atoms with Gasteiger partial charge in [0, 0.05) is 117 Å². The first-order valence-corrected chi connectivity index (χ1v) is 23.2. The Labute approximate surface area is 371 Å². The van der Waals surface area contributed by atoms with Gasteiger partial charge in [0.2, 0.25) is 0 Å². The first kappa shape index (κ1) is 49.4. The van der Waals surface area contributed by atoms with Crippen molar-refractivity contribution in [1.29, 1.82) is 0 Å². The fraction of sp³-hybridized carbons (Fsp3) is 0.688. The number of benzene rings is 2. The molecular weight excluding hydrogens is 789 g/mol. The molecule has 0 radical (unpaired) electrons. The number of hydrogen-bond donors (Lipinski definition) is 0. The largest absolute Gasteiger partial charge is 0.445 e. The van der Waals surface area contributed by atoms with Gasteiger partial charge in [0.1, 0.15) is 19.5 Å². The fourth-order valence-electron chi connectivity index (χ4n) is 8.90. The molecule has 2 amide bonds. The smallest absolute Gasteiger partial charge is 0.410 e. The van der Waals surface area contributed by atoms with Crippen molar-refractivity contribution in [2.24, 2.45) is 11.8 Å². The zero-order valence-corrected chi connectivity index (χ0v) is 38.2. The van der Waals surface area contributed by atoms with E-state index in [1.807, 2.05) is 70.5 Å². The highest BCUT2D eigenvalue weighted by Gasteiger charge is 2.31. The number of likely N-dealkylation sites (tertiary alicyclic amines) is 2. The van der Waals surface area contributed by atoms with E-state index in [-0.39, 0.29) is 24.4 Å². The summed E-state index contributed by atoms with van der Waals surface area (Å²) in [6.45, 7) is 20.1. The number of hydrogen-bond acceptors (Lipinski definition) is 12. The fourth-order valence-corrected chi connectivity index (χ4v) is 8.90. The summed E-state index contributed by atoms with van der Waals surface area (Å²) < 4.78 is 26.7. The summed E-state index contributed by atoms with van der Waals surface area (Å²) in [5.74, 6) is 0.742. The summed E-state index contributed by atoms with van der Waals surface area (Å²) in [4.78, 5) is 49.2. The summed E-state index contributed by atoms with van der Waals surface area (Å²) in [6, 6.07) is 20.3. The minimum Gasteiger partial charge on any atom is -0.445 e. The van der Waals surface area contributed by atoms with Gasteiger partial charge >= 0.3 is 12.2 Å². The van der Waals surface area contributed by atoms with Crippen molar-refractivity contribution >= 4 is 18.5 Å². The molecule has 5 saturated heterocycles. The van der Waals surface area contributed by atoms with E-state index in [9.17, 15) is 14.4 Å². The van der Waals surface area contributed by atoms with E-state index in [4.69, 9.17) is 23.7 Å². The van der Waals surface area contributed by atoms with Crippen molar-refractivity contribution in [2.75, 3.05) is 119 Å². The van der Waals surface area contributed by atoms with Crippen molar-refractivity contribution in [3.63, 3.8) is 0 Å². The molecule has 5 aliphatic rings. The highest BCUT2D eigenvalue weighted by molar-refractivity contribution is 5.68. The van der Waals surface area contributed by atoms with Gasteiger partial charge in [0.05, 0.1) is 0 Å². The number of piperazine rings is 2. The molecule has 346 valence electrons. The lowest BCUT2D eigenvalue weighted by molar-refractivity contribution is -0.147. The van der Waals surface area contributed by atoms with Crippen LogP contribution >= 0.6 is 0 Å². The standard InChI is InChI=1S/C23H37N3O4.C21H31N3O3.C4H8O/c1-19-17-26(23(27)30-18-20-7-5-4-6-8-20)16-15-25(19)14-13-24-11-9-21(10-12-24)22(28-2)29-3;1-18-15-24(21(26)27-17-20-5-3-2-4-6-20)14-13-23(18)12-11-22-9-7-19(16-25)8-10-22;1-2-4-5-3-1/h4-8,19,21-22H,9-18H2,1-3H3;2-6,16,18-19H,7-15,17H2,1H3;1-4H2/t19-;18-;/m00./s1. The Morgan fingerprint density at radius 2 is 1.06 bits per heavy atom. The quantitative estimate of drug-likeness (QED) is 0.172. The van der Waals surface area contributed by atoms with Crippen molar-refractivity contribution in [1.82, 2.24) is 29.4 Å². The number of carbonyl (C=O) groups is 3. The predicted molar refractivity (Wildman–Crippen MR) is 241 cm³/mol. The van der Waals surface area contributed by atoms with Crippen LogP contribution in [0, 0.1) is 11.8 Å². The van der Waals surface area contributed by atoms with Crippen LogP contribution in [-0.2, 0) is 41.7 Å². The molecule has 0 bridgehead atoms. The molecule has 0 aliphatic carbocycles. The number of ether oxygens (including phenoxy) is 5. The maximum atomic E-state index is 12.4. The van der Waals surface area contributed by atoms with Crippen LogP contribution in [0.3, 0.4) is 0 Å². The lowest BCUT2D eigenvalue weighted by Gasteiger charge is -2.41. The molecule has 7 rings (SSSR count). The van der Waals surface area contributed by atoms with Crippen LogP contribution in [0.25, 0.3) is 0 Å². The third kappa shape index (κ3) is 16.8. The third-order valence-electron chi connectivity index (χ3n) is 13.0. The highest BCUT2D eigenvalue weighted by atomic mass is 16.7. The zero-order chi connectivity index (χ0) is 43.9. The van der Waals surface area contributed by atoms with Crippen LogP contribution < -0.4 is 0 Å². The van der Waals surface area contributed by atoms with Crippen LogP contribution in [0.5, 0.6) is 0 Å². The summed E-state index contributed by atoms with van der Waals surface area (Å²) in [7, 11) is 3.44. The average Bonchev–Trinajstić information content (AvgIpc) is 3.92. The molecular formula is C48H76N6O8. The predicted octanol–water partition coefficient (Wildman–Crippen LogP) is 5.70. The number of rotatable bonds is 14. The van der Waals surface area contributed by atoms with Crippen molar-refractivity contribution in [3.8, 4) is 0 Å². The molecule has 2 aromatic carbocycles. The van der Waals surface area contributed by atoms with Crippen LogP contribution in [-0.4, -0.2) is 185 Å². The van der Waals surface area contributed by atoms with Crippen LogP contribution in [0.2, 0.25) is 0 Å². The average molecular weight is 865 g/mol. The molecule has 0 spiro atoms. The zero-order valence-electron chi connectivity index (χ0n) is 38.2. The molecule has 0 N–H and O–H groups in total. The van der Waals surface area contributed by atoms with E-state index in [1.165, 1.54) is 12.8 Å². The van der Waals surface area contributed by atoms with Crippen molar-refractivity contribution in [2.45, 2.75) is 84.0 Å². The Morgan fingerprint density at radius 3 is 1.44 bits per heavy atom. The SMILES string of the molecule is C1CCOC1.COC(OC)C1CCN(CCN2CCN(C(=O)OCc3ccccc3)C[C@@H]2C)CC1.C[C@H]1CN(C(=O)OCc2ccccc2)CCN1CCN1CCC(C=O)CC1. The summed E-state index contributed by atoms with van der Waals surface area (Å²) in [6.07, 6.45) is 7.35. The van der Waals surface area contributed by atoms with Gasteiger partial charge in [-0.2, -0.15) is 0 Å². The molecule has 62 heavy (non-hydrogen) atoms. The summed E-state index contributed by atoms with van der Waals surface area (Å²) >= 11 is 0. The van der Waals surface area contributed by atoms with Crippen LogP contribution in [0.1, 0.15) is 63.5 Å². The number of amides is 2. The van der Waals surface area contributed by atoms with Crippen LogP contribution in [0.4, 0.5) is 9.59 Å². The molecule has 5 aliphatic heterocycles. The lowest BCUT2D eigenvalue weighted by Crippen LogP contribution is -2.55. The Morgan fingerprint density at radius 1 is 0.629 bits per heavy atom. The molecule has 0 unspecified atom stereocenters. The first-order valence-electron chi connectivity index (χ1n) is 23.2. The minimum absolute atomic E-state index is 0.0816. The lowest BCUT2D eigenvalue weighted by atomic mass is 9.96. The molecule has 2 atom stereocenters. The number of aldehydes is 1. The van der Waals surface area contributed by atoms with Gasteiger partial charge in [0.25, 0.3) is 0 Å². The van der Waals surface area contributed by atoms with Gasteiger partial charge in [0.15, 0.2) is 6.29 Å². The second-order valence-corrected chi connectivity index (χ2v) is 17.4. The second-order valence-electron chi connectivity index (χ2n) is 17.4. The monoisotopic (exact) mass is 865 g/mol. The molecule has 5 fully saturated rings. The summed E-state index contributed by atoms with van der Waals surface area (Å²) in [5, 5.41) is 0. The molecule has 5 heterocycles. The number of methoxy groups -OCH3 is 2. The first-order chi connectivity index (χ1) is 30.3. The number of piperidine rings is 2. The maximum absolute atomic E-state index is 12.4. The Hall–Kier alpha value is -3.63. The minimum atomic E-state index is -0.221. The topological polar surface area (TPSA) is 117 Å². The van der Waals surface area contributed by atoms with Crippen LogP contribution in [0.15, 0.2) is 60.7 Å². The van der Waals surface area contributed by atoms with Crippen molar-refractivity contribution < 1.29 is 38.1 Å². The third-order valence-corrected chi connectivity index (χ3v) is 13.0. The molecule has 14 heteroatoms. The van der Waals surface area contributed by atoms with E-state index < -0.39 is 0 Å². The van der Waals surface area contributed by atoms with Gasteiger partial charge in [-0.1, -0.05) is 60.7 Å². The van der Waals surface area contributed by atoms with E-state index >= 15 is 0 Å². The van der Waals surface area contributed by atoms with Crippen molar-refractivity contribution in [3.05, 3.63) is 71.8 Å².